The van der Waals surface area contributed by atoms with Gasteiger partial charge in [-0.2, -0.15) is 0 Å². The topological polar surface area (TPSA) is 41.6 Å². The second kappa shape index (κ2) is 7.41. The molecule has 1 saturated carbocycles. The second-order valence-corrected chi connectivity index (χ2v) is 6.51. The van der Waals surface area contributed by atoms with Crippen LogP contribution in [-0.2, 0) is 14.9 Å². The lowest BCUT2D eigenvalue weighted by atomic mass is 9.64. The van der Waals surface area contributed by atoms with E-state index in [4.69, 9.17) is 4.74 Å². The molecule has 0 atom stereocenters. The first kappa shape index (κ1) is 16.4. The second-order valence-electron chi connectivity index (χ2n) is 6.51. The monoisotopic (exact) mass is 320 g/mol. The molecule has 1 amide bonds. The summed E-state index contributed by atoms with van der Waals surface area (Å²) in [6.07, 6.45) is 3.71. The third-order valence-corrected chi connectivity index (χ3v) is 5.08. The van der Waals surface area contributed by atoms with E-state index >= 15 is 0 Å². The number of rotatable bonds is 6. The number of amides is 1. The van der Waals surface area contributed by atoms with E-state index in [2.05, 4.69) is 10.2 Å². The van der Waals surface area contributed by atoms with Crippen molar-refractivity contribution < 1.29 is 13.9 Å². The van der Waals surface area contributed by atoms with E-state index in [9.17, 15) is 9.18 Å². The molecule has 5 heteroatoms. The number of nitrogens with zero attached hydrogens (tertiary/aromatic N) is 1. The molecule has 1 heterocycles. The molecule has 1 saturated heterocycles. The van der Waals surface area contributed by atoms with Gasteiger partial charge in [0.1, 0.15) is 5.82 Å². The van der Waals surface area contributed by atoms with Gasteiger partial charge in [-0.3, -0.25) is 9.69 Å². The lowest BCUT2D eigenvalue weighted by molar-refractivity contribution is -0.129. The Hall–Kier alpha value is -1.46. The van der Waals surface area contributed by atoms with Crippen LogP contribution in [0.4, 0.5) is 4.39 Å². The highest BCUT2D eigenvalue weighted by Crippen LogP contribution is 2.43. The van der Waals surface area contributed by atoms with E-state index in [1.807, 2.05) is 0 Å². The van der Waals surface area contributed by atoms with Crippen LogP contribution in [0, 0.1) is 5.82 Å². The molecule has 0 spiro atoms. The molecule has 126 valence electrons. The van der Waals surface area contributed by atoms with Gasteiger partial charge in [0.25, 0.3) is 0 Å². The van der Waals surface area contributed by atoms with Crippen LogP contribution in [0.25, 0.3) is 0 Å². The minimum atomic E-state index is -0.438. The van der Waals surface area contributed by atoms with E-state index in [-0.39, 0.29) is 11.7 Å². The lowest BCUT2D eigenvalue weighted by Crippen LogP contribution is -2.49. The maximum absolute atomic E-state index is 13.1. The van der Waals surface area contributed by atoms with Gasteiger partial charge in [0.05, 0.1) is 18.6 Å². The average Bonchev–Trinajstić information content (AvgIpc) is 2.53. The van der Waals surface area contributed by atoms with Crippen LogP contribution in [0.3, 0.4) is 0 Å². The van der Waals surface area contributed by atoms with Crippen LogP contribution in [-0.4, -0.2) is 50.2 Å². The van der Waals surface area contributed by atoms with Gasteiger partial charge in [-0.25, -0.2) is 4.39 Å². The highest BCUT2D eigenvalue weighted by atomic mass is 19.1. The fourth-order valence-electron chi connectivity index (χ4n) is 3.44. The van der Waals surface area contributed by atoms with Crippen LogP contribution in [0.15, 0.2) is 24.3 Å². The summed E-state index contributed by atoms with van der Waals surface area (Å²) in [5, 5.41) is 3.09. The Kier molecular flexibility index (Phi) is 5.28. The van der Waals surface area contributed by atoms with E-state index < -0.39 is 5.41 Å². The number of halogens is 1. The van der Waals surface area contributed by atoms with Gasteiger partial charge in [-0.05, 0) is 43.5 Å². The molecule has 0 unspecified atom stereocenters. The van der Waals surface area contributed by atoms with Crippen LogP contribution < -0.4 is 5.32 Å². The number of carbonyl (C=O) groups excluding carboxylic acids is 1. The molecule has 2 aliphatic rings. The number of nitrogens with one attached hydrogen (secondary N) is 1. The Morgan fingerprint density at radius 2 is 1.91 bits per heavy atom. The smallest absolute Gasteiger partial charge is 0.230 e. The zero-order chi connectivity index (χ0) is 16.1. The number of ether oxygens (including phenoxy) is 1. The van der Waals surface area contributed by atoms with Crippen molar-refractivity contribution in [1.29, 1.82) is 0 Å². The molecule has 1 N–H and O–H groups in total. The highest BCUT2D eigenvalue weighted by molar-refractivity contribution is 5.89. The third kappa shape index (κ3) is 3.72. The molecular weight excluding hydrogens is 295 g/mol. The fourth-order valence-corrected chi connectivity index (χ4v) is 3.44. The summed E-state index contributed by atoms with van der Waals surface area (Å²) in [7, 11) is 0. The number of morpholine rings is 1. The molecule has 1 aliphatic heterocycles. The molecule has 1 aromatic rings. The van der Waals surface area contributed by atoms with E-state index in [1.165, 1.54) is 12.1 Å². The summed E-state index contributed by atoms with van der Waals surface area (Å²) in [5.41, 5.74) is 0.503. The Morgan fingerprint density at radius 1 is 1.22 bits per heavy atom. The number of hydrogen-bond donors (Lipinski definition) is 1. The summed E-state index contributed by atoms with van der Waals surface area (Å²) < 4.78 is 18.4. The largest absolute Gasteiger partial charge is 0.379 e. The minimum absolute atomic E-state index is 0.0948. The average molecular weight is 320 g/mol. The predicted octanol–water partition coefficient (Wildman–Crippen LogP) is 2.09. The summed E-state index contributed by atoms with van der Waals surface area (Å²) in [5.74, 6) is -0.161. The normalized spacial score (nSPS) is 20.7. The fraction of sp³-hybridized carbons (Fsp3) is 0.611. The number of hydrogen-bond acceptors (Lipinski definition) is 3. The van der Waals surface area contributed by atoms with Crippen LogP contribution in [0.2, 0.25) is 0 Å². The van der Waals surface area contributed by atoms with Gasteiger partial charge in [-0.1, -0.05) is 18.6 Å². The summed E-state index contributed by atoms with van der Waals surface area (Å²) >= 11 is 0. The summed E-state index contributed by atoms with van der Waals surface area (Å²) in [4.78, 5) is 15.0. The number of benzene rings is 1. The van der Waals surface area contributed by atoms with Crippen LogP contribution >= 0.6 is 0 Å². The van der Waals surface area contributed by atoms with Crippen molar-refractivity contribution in [3.63, 3.8) is 0 Å². The molecule has 23 heavy (non-hydrogen) atoms. The highest BCUT2D eigenvalue weighted by Gasteiger charge is 2.45. The van der Waals surface area contributed by atoms with Gasteiger partial charge in [0.15, 0.2) is 0 Å². The lowest BCUT2D eigenvalue weighted by Gasteiger charge is -2.40. The van der Waals surface area contributed by atoms with Crippen molar-refractivity contribution in [1.82, 2.24) is 10.2 Å². The molecule has 0 aromatic heterocycles. The zero-order valence-electron chi connectivity index (χ0n) is 13.5. The van der Waals surface area contributed by atoms with Crippen molar-refractivity contribution in [3.8, 4) is 0 Å². The minimum Gasteiger partial charge on any atom is -0.379 e. The van der Waals surface area contributed by atoms with Gasteiger partial charge in [-0.15, -0.1) is 0 Å². The van der Waals surface area contributed by atoms with Crippen LogP contribution in [0.1, 0.15) is 31.2 Å². The summed E-state index contributed by atoms with van der Waals surface area (Å²) in [6.45, 7) is 5.26. The van der Waals surface area contributed by atoms with Crippen molar-refractivity contribution in [2.24, 2.45) is 0 Å². The maximum atomic E-state index is 13.1. The van der Waals surface area contributed by atoms with Crippen molar-refractivity contribution in [2.45, 2.75) is 31.1 Å². The third-order valence-electron chi connectivity index (χ3n) is 5.08. The first-order chi connectivity index (χ1) is 11.2. The molecule has 2 fully saturated rings. The SMILES string of the molecule is O=C(NCCCN1CCOCC1)C1(c2ccc(F)cc2)CCC1. The first-order valence-corrected chi connectivity index (χ1v) is 8.55. The Bertz CT molecular complexity index is 522. The van der Waals surface area contributed by atoms with Gasteiger partial charge < -0.3 is 10.1 Å². The summed E-state index contributed by atoms with van der Waals surface area (Å²) in [6, 6.07) is 6.39. The Morgan fingerprint density at radius 3 is 2.52 bits per heavy atom. The van der Waals surface area contributed by atoms with Gasteiger partial charge >= 0.3 is 0 Å². The van der Waals surface area contributed by atoms with Crippen molar-refractivity contribution >= 4 is 5.91 Å². The van der Waals surface area contributed by atoms with Gasteiger partial charge in [0.2, 0.25) is 5.91 Å². The molecule has 0 radical (unpaired) electrons. The van der Waals surface area contributed by atoms with E-state index in [1.54, 1.807) is 12.1 Å². The molecule has 3 rings (SSSR count). The van der Waals surface area contributed by atoms with Crippen molar-refractivity contribution in [2.75, 3.05) is 39.4 Å². The zero-order valence-corrected chi connectivity index (χ0v) is 13.5. The molecular formula is C18H25FN2O2. The standard InChI is InChI=1S/C18H25FN2O2/c19-16-5-3-15(4-6-16)18(7-1-8-18)17(22)20-9-2-10-21-11-13-23-14-12-21/h3-6H,1-2,7-14H2,(H,20,22). The molecule has 0 bridgehead atoms. The molecule has 1 aliphatic carbocycles. The molecule has 4 nitrogen and oxygen atoms in total. The van der Waals surface area contributed by atoms with Gasteiger partial charge in [0, 0.05) is 19.6 Å². The van der Waals surface area contributed by atoms with Crippen molar-refractivity contribution in [3.05, 3.63) is 35.6 Å². The Labute approximate surface area is 137 Å². The van der Waals surface area contributed by atoms with E-state index in [0.717, 1.165) is 64.1 Å². The van der Waals surface area contributed by atoms with E-state index in [0.29, 0.717) is 6.54 Å². The van der Waals surface area contributed by atoms with Crippen LogP contribution in [0.5, 0.6) is 0 Å². The first-order valence-electron chi connectivity index (χ1n) is 8.55. The quantitative estimate of drug-likeness (QED) is 0.816. The Balaban J connectivity index is 1.49. The number of carbonyl (C=O) groups is 1. The maximum Gasteiger partial charge on any atom is 0.230 e. The molecule has 1 aromatic carbocycles. The predicted molar refractivity (Wildman–Crippen MR) is 86.8 cm³/mol.